The molecule has 0 aliphatic carbocycles. The third kappa shape index (κ3) is 4.71. The molecule has 1 aromatic heterocycles. The van der Waals surface area contributed by atoms with Gasteiger partial charge in [-0.25, -0.2) is 14.6 Å². The normalized spacial score (nSPS) is 13.8. The molecule has 1 heterocycles. The number of ether oxygens (including phenoxy) is 1. The molecule has 0 saturated carbocycles. The van der Waals surface area contributed by atoms with Crippen molar-refractivity contribution in [3.05, 3.63) is 17.7 Å². The summed E-state index contributed by atoms with van der Waals surface area (Å²) in [5.41, 5.74) is 4.28. The first-order chi connectivity index (χ1) is 10.9. The van der Waals surface area contributed by atoms with Crippen LogP contribution in [0.2, 0.25) is 0 Å². The molecule has 4 amide bonds. The second-order valence-corrected chi connectivity index (χ2v) is 6.80. The highest BCUT2D eigenvalue weighted by Gasteiger charge is 2.40. The number of nitrogens with one attached hydrogen (secondary N) is 2. The van der Waals surface area contributed by atoms with Crippen molar-refractivity contribution in [2.45, 2.75) is 45.6 Å². The number of alkyl carbamates (subject to hydrolysis) is 1. The molecule has 0 spiro atoms. The Labute approximate surface area is 140 Å². The maximum absolute atomic E-state index is 12.5. The Morgan fingerprint density at radius 2 is 1.88 bits per heavy atom. The van der Waals surface area contributed by atoms with Gasteiger partial charge in [0.25, 0.3) is 0 Å². The first-order valence-electron chi connectivity index (χ1n) is 7.43. The zero-order valence-electron chi connectivity index (χ0n) is 14.9. The fraction of sp³-hybridized carbons (Fsp3) is 0.600. The molecule has 1 rings (SSSR count). The Balaban J connectivity index is 3.09. The fourth-order valence-corrected chi connectivity index (χ4v) is 2.42. The van der Waals surface area contributed by atoms with Gasteiger partial charge >= 0.3 is 12.1 Å². The van der Waals surface area contributed by atoms with E-state index < -0.39 is 29.0 Å². The molecule has 1 atom stereocenters. The number of imidazole rings is 1. The van der Waals surface area contributed by atoms with Crippen molar-refractivity contribution in [3.63, 3.8) is 0 Å². The molecule has 24 heavy (non-hydrogen) atoms. The Morgan fingerprint density at radius 3 is 2.29 bits per heavy atom. The number of hydrogen-bond donors (Lipinski definition) is 3. The monoisotopic (exact) mass is 339 g/mol. The largest absolute Gasteiger partial charge is 0.444 e. The average molecular weight is 339 g/mol. The molecule has 0 aliphatic rings. The second kappa shape index (κ2) is 6.90. The molecule has 9 heteroatoms. The Hall–Kier alpha value is -2.58. The zero-order valence-corrected chi connectivity index (χ0v) is 14.9. The third-order valence-corrected chi connectivity index (χ3v) is 3.37. The molecule has 1 aromatic rings. The van der Waals surface area contributed by atoms with Crippen LogP contribution in [0.5, 0.6) is 0 Å². The van der Waals surface area contributed by atoms with Gasteiger partial charge in [0.05, 0.1) is 17.7 Å². The van der Waals surface area contributed by atoms with Crippen LogP contribution >= 0.6 is 0 Å². The highest BCUT2D eigenvalue weighted by molar-refractivity contribution is 5.99. The fourth-order valence-electron chi connectivity index (χ4n) is 2.42. The van der Waals surface area contributed by atoms with E-state index in [2.05, 4.69) is 15.6 Å². The van der Waals surface area contributed by atoms with Gasteiger partial charge in [-0.05, 0) is 34.6 Å². The molecule has 0 radical (unpaired) electrons. The Bertz CT molecular complexity index is 627. The number of carbonyl (C=O) groups excluding carboxylic acids is 3. The zero-order chi connectivity index (χ0) is 18.7. The number of nitrogens with two attached hydrogens (primary N) is 1. The number of aromatic nitrogens is 2. The summed E-state index contributed by atoms with van der Waals surface area (Å²) in [7, 11) is 1.72. The lowest BCUT2D eigenvalue weighted by atomic mass is 9.84. The van der Waals surface area contributed by atoms with Gasteiger partial charge < -0.3 is 20.4 Å². The van der Waals surface area contributed by atoms with E-state index in [1.54, 1.807) is 52.6 Å². The molecule has 9 nitrogen and oxygen atoms in total. The van der Waals surface area contributed by atoms with Crippen LogP contribution in [0.25, 0.3) is 0 Å². The maximum atomic E-state index is 12.5. The summed E-state index contributed by atoms with van der Waals surface area (Å²) in [4.78, 5) is 39.7. The summed E-state index contributed by atoms with van der Waals surface area (Å²) < 4.78 is 6.84. The highest BCUT2D eigenvalue weighted by atomic mass is 16.6. The van der Waals surface area contributed by atoms with E-state index >= 15 is 0 Å². The first-order valence-corrected chi connectivity index (χ1v) is 7.43. The predicted octanol–water partition coefficient (Wildman–Crippen LogP) is 0.706. The average Bonchev–Trinajstić information content (AvgIpc) is 2.73. The van der Waals surface area contributed by atoms with Gasteiger partial charge in [0.2, 0.25) is 5.91 Å². The minimum Gasteiger partial charge on any atom is -0.444 e. The minimum absolute atomic E-state index is 0.0958. The molecule has 0 fully saturated rings. The van der Waals surface area contributed by atoms with E-state index in [1.807, 2.05) is 0 Å². The number of aryl methyl sites for hydroxylation is 2. The van der Waals surface area contributed by atoms with Crippen LogP contribution < -0.4 is 16.4 Å². The predicted molar refractivity (Wildman–Crippen MR) is 87.3 cm³/mol. The van der Waals surface area contributed by atoms with Crippen molar-refractivity contribution in [3.8, 4) is 0 Å². The summed E-state index contributed by atoms with van der Waals surface area (Å²) in [5.74, 6) is -0.641. The van der Waals surface area contributed by atoms with Crippen LogP contribution in [0.15, 0.2) is 6.33 Å². The molecule has 0 bridgehead atoms. The van der Waals surface area contributed by atoms with E-state index in [0.29, 0.717) is 11.4 Å². The van der Waals surface area contributed by atoms with Crippen molar-refractivity contribution >= 4 is 18.0 Å². The Morgan fingerprint density at radius 1 is 1.29 bits per heavy atom. The van der Waals surface area contributed by atoms with Crippen LogP contribution in [0.3, 0.4) is 0 Å². The van der Waals surface area contributed by atoms with Crippen LogP contribution in [0, 0.1) is 6.92 Å². The second-order valence-electron chi connectivity index (χ2n) is 6.80. The lowest BCUT2D eigenvalue weighted by Gasteiger charge is -2.29. The number of imide groups is 1. The molecule has 4 N–H and O–H groups in total. The van der Waals surface area contributed by atoms with Gasteiger partial charge in [-0.3, -0.25) is 10.1 Å². The number of rotatable bonds is 4. The van der Waals surface area contributed by atoms with Crippen LogP contribution in [0.1, 0.15) is 39.1 Å². The van der Waals surface area contributed by atoms with Crippen molar-refractivity contribution in [1.82, 2.24) is 20.2 Å². The number of urea groups is 1. The third-order valence-electron chi connectivity index (χ3n) is 3.37. The molecule has 134 valence electrons. The SMILES string of the molecule is Cc1ncn(C)c1C(C)(CNC(=O)OC(C)(C)C)C(=O)NC(N)=O. The maximum Gasteiger partial charge on any atom is 0.407 e. The van der Waals surface area contributed by atoms with E-state index in [-0.39, 0.29) is 6.54 Å². The Kier molecular flexibility index (Phi) is 5.59. The molecule has 1 unspecified atom stereocenters. The van der Waals surface area contributed by atoms with Crippen LogP contribution in [-0.2, 0) is 22.0 Å². The number of primary amides is 1. The molecule has 0 aliphatic heterocycles. The lowest BCUT2D eigenvalue weighted by Crippen LogP contribution is -2.53. The van der Waals surface area contributed by atoms with E-state index in [9.17, 15) is 14.4 Å². The van der Waals surface area contributed by atoms with Gasteiger partial charge in [0.1, 0.15) is 11.0 Å². The lowest BCUT2D eigenvalue weighted by molar-refractivity contribution is -0.125. The van der Waals surface area contributed by atoms with E-state index in [1.165, 1.54) is 0 Å². The number of hydrogen-bond acceptors (Lipinski definition) is 5. The summed E-state index contributed by atoms with van der Waals surface area (Å²) in [6.07, 6.45) is 0.883. The van der Waals surface area contributed by atoms with E-state index in [4.69, 9.17) is 10.5 Å². The van der Waals surface area contributed by atoms with Crippen molar-refractivity contribution in [2.75, 3.05) is 6.54 Å². The molecule has 0 aromatic carbocycles. The number of amides is 4. The summed E-state index contributed by atoms with van der Waals surface area (Å²) in [5, 5.41) is 4.63. The van der Waals surface area contributed by atoms with E-state index in [0.717, 1.165) is 0 Å². The summed E-state index contributed by atoms with van der Waals surface area (Å²) >= 11 is 0. The quantitative estimate of drug-likeness (QED) is 0.744. The number of nitrogens with zero attached hydrogens (tertiary/aromatic N) is 2. The van der Waals surface area contributed by atoms with Gasteiger partial charge in [-0.1, -0.05) is 0 Å². The standard InChI is InChI=1S/C15H25N5O4/c1-9-10(20(6)8-18-9)15(5,11(21)19-12(16)22)7-17-13(23)24-14(2,3)4/h8H,7H2,1-6H3,(H,17,23)(H3,16,19,21,22). The van der Waals surface area contributed by atoms with Gasteiger partial charge in [0.15, 0.2) is 0 Å². The van der Waals surface area contributed by atoms with Crippen LogP contribution in [-0.4, -0.2) is 39.7 Å². The van der Waals surface area contributed by atoms with Crippen molar-refractivity contribution in [1.29, 1.82) is 0 Å². The first kappa shape index (κ1) is 19.5. The van der Waals surface area contributed by atoms with Crippen molar-refractivity contribution < 1.29 is 19.1 Å². The van der Waals surface area contributed by atoms with Gasteiger partial charge in [-0.2, -0.15) is 0 Å². The highest BCUT2D eigenvalue weighted by Crippen LogP contribution is 2.26. The van der Waals surface area contributed by atoms with Gasteiger partial charge in [-0.15, -0.1) is 0 Å². The van der Waals surface area contributed by atoms with Crippen molar-refractivity contribution in [2.24, 2.45) is 12.8 Å². The molecule has 0 saturated heterocycles. The minimum atomic E-state index is -1.26. The summed E-state index contributed by atoms with van der Waals surface area (Å²) in [6, 6.07) is -0.969. The van der Waals surface area contributed by atoms with Crippen LogP contribution in [0.4, 0.5) is 9.59 Å². The van der Waals surface area contributed by atoms with Gasteiger partial charge in [0, 0.05) is 13.6 Å². The molecular weight excluding hydrogens is 314 g/mol. The summed E-state index contributed by atoms with van der Waals surface area (Å²) in [6.45, 7) is 8.43. The number of carbonyl (C=O) groups is 3. The topological polar surface area (TPSA) is 128 Å². The smallest absolute Gasteiger partial charge is 0.407 e. The molecular formula is C15H25N5O4.